The largest absolute Gasteiger partial charge is 0.488 e. The number of nitrogens with zero attached hydrogens (tertiary/aromatic N) is 1. The Labute approximate surface area is 197 Å². The molecule has 3 aromatic rings. The number of carboxylic acid groups (broad SMARTS) is 1. The number of amides is 1. The molecule has 5 rings (SSSR count). The van der Waals surface area contributed by atoms with Crippen LogP contribution in [0.15, 0.2) is 60.7 Å². The summed E-state index contributed by atoms with van der Waals surface area (Å²) in [5.74, 6) is -0.346. The van der Waals surface area contributed by atoms with Crippen molar-refractivity contribution in [2.45, 2.75) is 44.6 Å². The minimum Gasteiger partial charge on any atom is -0.488 e. The van der Waals surface area contributed by atoms with E-state index < -0.39 is 11.4 Å². The number of carbonyl (C=O) groups excluding carboxylic acids is 1. The lowest BCUT2D eigenvalue weighted by Gasteiger charge is -2.34. The van der Waals surface area contributed by atoms with Crippen molar-refractivity contribution in [3.63, 3.8) is 0 Å². The number of ether oxygens (including phenoxy) is 1. The van der Waals surface area contributed by atoms with Gasteiger partial charge in [0.2, 0.25) is 5.91 Å². The number of aromatic carboxylic acids is 1. The van der Waals surface area contributed by atoms with Crippen molar-refractivity contribution in [1.29, 1.82) is 0 Å². The smallest absolute Gasteiger partial charge is 0.335 e. The zero-order chi connectivity index (χ0) is 23.5. The van der Waals surface area contributed by atoms with Crippen molar-refractivity contribution in [1.82, 2.24) is 0 Å². The summed E-state index contributed by atoms with van der Waals surface area (Å²) < 4.78 is 6.14. The lowest BCUT2D eigenvalue weighted by molar-refractivity contribution is -0.120. The number of carbonyl (C=O) groups is 2. The molecule has 0 saturated carbocycles. The molecule has 2 heterocycles. The number of fused-ring (bicyclic) bond motifs is 2. The number of anilines is 2. The monoisotopic (exact) mass is 461 g/mol. The molecule has 168 valence electrons. The zero-order valence-corrected chi connectivity index (χ0v) is 19.4. The summed E-state index contributed by atoms with van der Waals surface area (Å²) >= 11 is 6.37. The average Bonchev–Trinajstić information content (AvgIpc) is 3.00. The molecule has 1 amide bonds. The Morgan fingerprint density at radius 2 is 1.85 bits per heavy atom. The fourth-order valence-electron chi connectivity index (χ4n) is 4.84. The summed E-state index contributed by atoms with van der Waals surface area (Å²) in [6, 6.07) is 17.8. The normalized spacial score (nSPS) is 20.7. The minimum atomic E-state index is -1.04. The van der Waals surface area contributed by atoms with Crippen LogP contribution in [0.4, 0.5) is 11.4 Å². The summed E-state index contributed by atoms with van der Waals surface area (Å²) in [5, 5.41) is 9.99. The molecule has 1 atom stereocenters. The first-order valence-electron chi connectivity index (χ1n) is 10.9. The number of hydrogen-bond acceptors (Lipinski definition) is 3. The van der Waals surface area contributed by atoms with Gasteiger partial charge in [0.15, 0.2) is 0 Å². The number of carboxylic acids is 1. The predicted molar refractivity (Wildman–Crippen MR) is 128 cm³/mol. The molecule has 2 aliphatic rings. The van der Waals surface area contributed by atoms with Gasteiger partial charge in [-0.25, -0.2) is 4.79 Å². The second-order valence-electron chi connectivity index (χ2n) is 9.47. The Balaban J connectivity index is 1.66. The number of benzene rings is 3. The van der Waals surface area contributed by atoms with E-state index in [1.54, 1.807) is 23.1 Å². The van der Waals surface area contributed by atoms with E-state index in [2.05, 4.69) is 19.9 Å². The van der Waals surface area contributed by atoms with Crippen LogP contribution < -0.4 is 9.64 Å². The highest BCUT2D eigenvalue weighted by molar-refractivity contribution is 6.31. The van der Waals surface area contributed by atoms with E-state index in [-0.39, 0.29) is 17.1 Å². The van der Waals surface area contributed by atoms with E-state index in [0.29, 0.717) is 16.4 Å². The van der Waals surface area contributed by atoms with Crippen LogP contribution in [0.3, 0.4) is 0 Å². The van der Waals surface area contributed by atoms with Crippen molar-refractivity contribution in [2.24, 2.45) is 0 Å². The predicted octanol–water partition coefficient (Wildman–Crippen LogP) is 6.13. The Kier molecular flexibility index (Phi) is 4.80. The fourth-order valence-corrected chi connectivity index (χ4v) is 5.01. The Bertz CT molecular complexity index is 1320. The third-order valence-corrected chi connectivity index (χ3v) is 6.98. The zero-order valence-electron chi connectivity index (χ0n) is 18.7. The van der Waals surface area contributed by atoms with Gasteiger partial charge in [0.1, 0.15) is 11.4 Å². The fraction of sp³-hybridized carbons (Fsp3) is 0.259. The maximum Gasteiger partial charge on any atom is 0.335 e. The molecule has 0 bridgehead atoms. The van der Waals surface area contributed by atoms with Gasteiger partial charge in [0.25, 0.3) is 0 Å². The van der Waals surface area contributed by atoms with Crippen LogP contribution in [-0.2, 0) is 16.6 Å². The first-order chi connectivity index (χ1) is 15.6. The van der Waals surface area contributed by atoms with Crippen LogP contribution in [-0.4, -0.2) is 22.6 Å². The molecule has 5 nitrogen and oxygen atoms in total. The molecule has 0 aliphatic carbocycles. The van der Waals surface area contributed by atoms with E-state index in [0.717, 1.165) is 35.3 Å². The molecule has 0 saturated heterocycles. The number of rotatable bonds is 3. The first kappa shape index (κ1) is 21.5. The molecule has 6 heteroatoms. The topological polar surface area (TPSA) is 66.8 Å². The molecule has 3 aromatic carbocycles. The van der Waals surface area contributed by atoms with E-state index in [4.69, 9.17) is 16.3 Å². The maximum atomic E-state index is 14.1. The second kappa shape index (κ2) is 7.35. The molecule has 0 unspecified atom stereocenters. The van der Waals surface area contributed by atoms with E-state index in [1.165, 1.54) is 12.1 Å². The van der Waals surface area contributed by atoms with Crippen molar-refractivity contribution in [3.05, 3.63) is 87.9 Å². The van der Waals surface area contributed by atoms with Gasteiger partial charge < -0.3 is 9.84 Å². The van der Waals surface area contributed by atoms with Gasteiger partial charge >= 0.3 is 5.97 Å². The van der Waals surface area contributed by atoms with Crippen LogP contribution in [0.5, 0.6) is 5.75 Å². The standard InChI is InChI=1S/C27H24ClNO4/c1-26(2)12-11-16-13-18(7-10-23(16)33-26)27(3)21-15-19(28)8-9-22(21)29(25(27)32)20-6-4-5-17(14-20)24(30)31/h4-10,13-15H,11-12H2,1-3H3,(H,30,31)/t27-/m0/s1. The number of halogens is 1. The van der Waals surface area contributed by atoms with Crippen molar-refractivity contribution >= 4 is 34.9 Å². The van der Waals surface area contributed by atoms with Crippen LogP contribution in [0, 0.1) is 0 Å². The molecule has 0 spiro atoms. The Morgan fingerprint density at radius 1 is 1.06 bits per heavy atom. The quantitative estimate of drug-likeness (QED) is 0.509. The van der Waals surface area contributed by atoms with Crippen LogP contribution in [0.2, 0.25) is 5.02 Å². The summed E-state index contributed by atoms with van der Waals surface area (Å²) in [4.78, 5) is 27.2. The van der Waals surface area contributed by atoms with Crippen LogP contribution in [0.1, 0.15) is 54.2 Å². The lowest BCUT2D eigenvalue weighted by Crippen LogP contribution is -2.37. The third kappa shape index (κ3) is 3.39. The van der Waals surface area contributed by atoms with Crippen molar-refractivity contribution in [2.75, 3.05) is 4.90 Å². The van der Waals surface area contributed by atoms with Gasteiger partial charge in [-0.05, 0) is 92.8 Å². The summed E-state index contributed by atoms with van der Waals surface area (Å²) in [6.07, 6.45) is 1.76. The van der Waals surface area contributed by atoms with Crippen molar-refractivity contribution in [3.8, 4) is 5.75 Å². The molecule has 0 fully saturated rings. The molecule has 33 heavy (non-hydrogen) atoms. The maximum absolute atomic E-state index is 14.1. The molecule has 1 N–H and O–H groups in total. The van der Waals surface area contributed by atoms with Gasteiger partial charge in [-0.1, -0.05) is 29.8 Å². The number of hydrogen-bond donors (Lipinski definition) is 1. The summed E-state index contributed by atoms with van der Waals surface area (Å²) in [6.45, 7) is 6.06. The summed E-state index contributed by atoms with van der Waals surface area (Å²) in [5.41, 5.74) is 2.86. The van der Waals surface area contributed by atoms with Crippen LogP contribution >= 0.6 is 11.6 Å². The highest BCUT2D eigenvalue weighted by Crippen LogP contribution is 2.50. The Hall–Kier alpha value is -3.31. The molecule has 2 aliphatic heterocycles. The second-order valence-corrected chi connectivity index (χ2v) is 9.90. The average molecular weight is 462 g/mol. The van der Waals surface area contributed by atoms with Crippen molar-refractivity contribution < 1.29 is 19.4 Å². The van der Waals surface area contributed by atoms with Gasteiger partial charge in [-0.2, -0.15) is 0 Å². The van der Waals surface area contributed by atoms with E-state index >= 15 is 0 Å². The highest BCUT2D eigenvalue weighted by Gasteiger charge is 2.49. The molecular formula is C27H24ClNO4. The molecule has 0 aromatic heterocycles. The molecule has 0 radical (unpaired) electrons. The third-order valence-electron chi connectivity index (χ3n) is 6.74. The number of aryl methyl sites for hydroxylation is 1. The van der Waals surface area contributed by atoms with E-state index in [9.17, 15) is 14.7 Å². The lowest BCUT2D eigenvalue weighted by atomic mass is 9.76. The molecular weight excluding hydrogens is 438 g/mol. The van der Waals surface area contributed by atoms with Crippen LogP contribution in [0.25, 0.3) is 0 Å². The van der Waals surface area contributed by atoms with Gasteiger partial charge in [-0.15, -0.1) is 0 Å². The minimum absolute atomic E-state index is 0.123. The van der Waals surface area contributed by atoms with Gasteiger partial charge in [0.05, 0.1) is 16.7 Å². The first-order valence-corrected chi connectivity index (χ1v) is 11.3. The van der Waals surface area contributed by atoms with Gasteiger partial charge in [-0.3, -0.25) is 9.69 Å². The van der Waals surface area contributed by atoms with E-state index in [1.807, 2.05) is 31.2 Å². The SMILES string of the molecule is CC1(C)CCc2cc([C@]3(C)C(=O)N(c4cccc(C(=O)O)c4)c4ccc(Cl)cc43)ccc2O1. The highest BCUT2D eigenvalue weighted by atomic mass is 35.5. The summed E-state index contributed by atoms with van der Waals surface area (Å²) in [7, 11) is 0. The van der Waals surface area contributed by atoms with Gasteiger partial charge in [0, 0.05) is 10.7 Å². The Morgan fingerprint density at radius 3 is 2.61 bits per heavy atom.